The van der Waals surface area contributed by atoms with E-state index in [-0.39, 0.29) is 11.8 Å². The fourth-order valence-electron chi connectivity index (χ4n) is 4.34. The molecule has 1 aromatic carbocycles. The molecule has 0 radical (unpaired) electrons. The van der Waals surface area contributed by atoms with Crippen molar-refractivity contribution in [2.24, 2.45) is 7.05 Å². The van der Waals surface area contributed by atoms with Gasteiger partial charge in [0.15, 0.2) is 11.5 Å². The van der Waals surface area contributed by atoms with Crippen LogP contribution in [0.3, 0.4) is 0 Å². The zero-order valence-electron chi connectivity index (χ0n) is 19.7. The second kappa shape index (κ2) is 9.92. The highest BCUT2D eigenvalue weighted by Crippen LogP contribution is 2.36. The van der Waals surface area contributed by atoms with Crippen LogP contribution in [0.15, 0.2) is 67.4 Å². The minimum atomic E-state index is -0.0293. The van der Waals surface area contributed by atoms with Gasteiger partial charge >= 0.3 is 0 Å². The number of methoxy groups -OCH3 is 1. The van der Waals surface area contributed by atoms with Crippen LogP contribution in [0.25, 0.3) is 11.3 Å². The van der Waals surface area contributed by atoms with Crippen molar-refractivity contribution in [1.29, 1.82) is 0 Å². The number of benzene rings is 1. The summed E-state index contributed by atoms with van der Waals surface area (Å²) >= 11 is 0. The standard InChI is InChI=1S/C26H26N6O3/c1-31-16-20(15-30-31)21-14-18(9-10-27-21)26(33)32-13-5-6-19(17-32)24-25(29-12-11-28-24)35-23-8-4-3-7-22(23)34-2/h3-4,7-12,14-16,19H,5-6,13,17H2,1-2H3. The molecule has 1 unspecified atom stereocenters. The lowest BCUT2D eigenvalue weighted by Gasteiger charge is -2.33. The van der Waals surface area contributed by atoms with Gasteiger partial charge < -0.3 is 14.4 Å². The number of hydrogen-bond acceptors (Lipinski definition) is 7. The highest BCUT2D eigenvalue weighted by Gasteiger charge is 2.29. The molecule has 35 heavy (non-hydrogen) atoms. The van der Waals surface area contributed by atoms with Crippen LogP contribution in [-0.4, -0.2) is 55.7 Å². The predicted molar refractivity (Wildman–Crippen MR) is 129 cm³/mol. The Morgan fingerprint density at radius 3 is 2.69 bits per heavy atom. The Morgan fingerprint density at radius 1 is 1.06 bits per heavy atom. The van der Waals surface area contributed by atoms with Crippen molar-refractivity contribution in [2.45, 2.75) is 18.8 Å². The molecule has 178 valence electrons. The van der Waals surface area contributed by atoms with Crippen LogP contribution in [0.5, 0.6) is 17.4 Å². The summed E-state index contributed by atoms with van der Waals surface area (Å²) in [6, 6.07) is 11.0. The fourth-order valence-corrected chi connectivity index (χ4v) is 4.34. The number of piperidine rings is 1. The highest BCUT2D eigenvalue weighted by molar-refractivity contribution is 5.95. The summed E-state index contributed by atoms with van der Waals surface area (Å²) in [6.07, 6.45) is 10.3. The monoisotopic (exact) mass is 470 g/mol. The predicted octanol–water partition coefficient (Wildman–Crippen LogP) is 4.09. The third kappa shape index (κ3) is 4.84. The SMILES string of the molecule is COc1ccccc1Oc1nccnc1C1CCCN(C(=O)c2ccnc(-c3cnn(C)c3)c2)C1. The number of carbonyl (C=O) groups excluding carboxylic acids is 1. The van der Waals surface area contributed by atoms with Gasteiger partial charge in [-0.05, 0) is 37.1 Å². The molecule has 0 aliphatic carbocycles. The van der Waals surface area contributed by atoms with E-state index < -0.39 is 0 Å². The minimum absolute atomic E-state index is 0.00531. The Kier molecular flexibility index (Phi) is 6.38. The van der Waals surface area contributed by atoms with E-state index >= 15 is 0 Å². The Hall–Kier alpha value is -4.27. The largest absolute Gasteiger partial charge is 0.493 e. The number of rotatable bonds is 6. The molecule has 1 amide bonds. The molecule has 9 nitrogen and oxygen atoms in total. The summed E-state index contributed by atoms with van der Waals surface area (Å²) < 4.78 is 13.2. The second-order valence-electron chi connectivity index (χ2n) is 8.42. The van der Waals surface area contributed by atoms with Gasteiger partial charge in [0.1, 0.15) is 5.69 Å². The third-order valence-electron chi connectivity index (χ3n) is 6.07. The molecule has 1 saturated heterocycles. The summed E-state index contributed by atoms with van der Waals surface area (Å²) in [6.45, 7) is 1.22. The van der Waals surface area contributed by atoms with E-state index in [0.717, 1.165) is 29.8 Å². The molecule has 9 heteroatoms. The summed E-state index contributed by atoms with van der Waals surface area (Å²) in [5.74, 6) is 1.59. The van der Waals surface area contributed by atoms with E-state index in [2.05, 4.69) is 20.1 Å². The Bertz CT molecular complexity index is 1340. The molecular formula is C26H26N6O3. The number of amides is 1. The van der Waals surface area contributed by atoms with Gasteiger partial charge in [0.05, 0.1) is 19.0 Å². The molecule has 1 atom stereocenters. The molecular weight excluding hydrogens is 444 g/mol. The lowest BCUT2D eigenvalue weighted by Crippen LogP contribution is -2.39. The zero-order chi connectivity index (χ0) is 24.2. The fraction of sp³-hybridized carbons (Fsp3) is 0.269. The van der Waals surface area contributed by atoms with Crippen LogP contribution in [0.4, 0.5) is 0 Å². The van der Waals surface area contributed by atoms with Crippen LogP contribution in [0.1, 0.15) is 34.8 Å². The van der Waals surface area contributed by atoms with Gasteiger partial charge in [-0.3, -0.25) is 19.4 Å². The highest BCUT2D eigenvalue weighted by atomic mass is 16.5. The van der Waals surface area contributed by atoms with Crippen molar-refractivity contribution in [3.8, 4) is 28.6 Å². The van der Waals surface area contributed by atoms with E-state index in [1.54, 1.807) is 42.6 Å². The van der Waals surface area contributed by atoms with Crippen LogP contribution < -0.4 is 9.47 Å². The topological polar surface area (TPSA) is 95.3 Å². The van der Waals surface area contributed by atoms with Gasteiger partial charge in [-0.1, -0.05) is 12.1 Å². The van der Waals surface area contributed by atoms with Crippen LogP contribution in [0.2, 0.25) is 0 Å². The Morgan fingerprint density at radius 2 is 1.89 bits per heavy atom. The van der Waals surface area contributed by atoms with E-state index in [1.165, 1.54) is 0 Å². The number of nitrogens with zero attached hydrogens (tertiary/aromatic N) is 6. The number of ether oxygens (including phenoxy) is 2. The molecule has 0 saturated carbocycles. The van der Waals surface area contributed by atoms with Gasteiger partial charge in [0, 0.05) is 62.0 Å². The first kappa shape index (κ1) is 22.5. The van der Waals surface area contributed by atoms with Crippen molar-refractivity contribution in [2.75, 3.05) is 20.2 Å². The quantitative estimate of drug-likeness (QED) is 0.419. The number of hydrogen-bond donors (Lipinski definition) is 0. The number of aromatic nitrogens is 5. The maximum Gasteiger partial charge on any atom is 0.254 e. The van der Waals surface area contributed by atoms with Crippen LogP contribution >= 0.6 is 0 Å². The molecule has 4 aromatic rings. The van der Waals surface area contributed by atoms with Crippen molar-refractivity contribution in [3.05, 3.63) is 78.6 Å². The maximum absolute atomic E-state index is 13.4. The van der Waals surface area contributed by atoms with Crippen molar-refractivity contribution < 1.29 is 14.3 Å². The summed E-state index contributed by atoms with van der Waals surface area (Å²) in [5, 5.41) is 4.20. The van der Waals surface area contributed by atoms with Crippen molar-refractivity contribution in [1.82, 2.24) is 29.6 Å². The van der Waals surface area contributed by atoms with Crippen molar-refractivity contribution >= 4 is 5.91 Å². The molecule has 5 rings (SSSR count). The first-order chi connectivity index (χ1) is 17.1. The van der Waals surface area contributed by atoms with Gasteiger partial charge in [0.2, 0.25) is 5.88 Å². The first-order valence-electron chi connectivity index (χ1n) is 11.5. The van der Waals surface area contributed by atoms with Gasteiger partial charge in [-0.15, -0.1) is 0 Å². The minimum Gasteiger partial charge on any atom is -0.493 e. The number of likely N-dealkylation sites (tertiary alicyclic amines) is 1. The molecule has 0 bridgehead atoms. The summed E-state index contributed by atoms with van der Waals surface area (Å²) in [7, 11) is 3.45. The third-order valence-corrected chi connectivity index (χ3v) is 6.07. The Labute approximate surface area is 203 Å². The number of pyridine rings is 1. The molecule has 3 aromatic heterocycles. The summed E-state index contributed by atoms with van der Waals surface area (Å²) in [4.78, 5) is 28.7. The van der Waals surface area contributed by atoms with E-state index in [1.807, 2.05) is 48.5 Å². The smallest absolute Gasteiger partial charge is 0.254 e. The Balaban J connectivity index is 1.36. The van der Waals surface area contributed by atoms with Gasteiger partial charge in [-0.25, -0.2) is 4.98 Å². The van der Waals surface area contributed by atoms with E-state index in [0.29, 0.717) is 36.0 Å². The molecule has 4 heterocycles. The molecule has 1 aliphatic rings. The first-order valence-corrected chi connectivity index (χ1v) is 11.5. The van der Waals surface area contributed by atoms with Gasteiger partial charge in [-0.2, -0.15) is 5.10 Å². The number of carbonyl (C=O) groups is 1. The normalized spacial score (nSPS) is 15.6. The maximum atomic E-state index is 13.4. The van der Waals surface area contributed by atoms with Crippen LogP contribution in [0, 0.1) is 0 Å². The van der Waals surface area contributed by atoms with E-state index in [9.17, 15) is 4.79 Å². The molecule has 0 N–H and O–H groups in total. The van der Waals surface area contributed by atoms with Crippen LogP contribution in [-0.2, 0) is 7.05 Å². The molecule has 1 fully saturated rings. The summed E-state index contributed by atoms with van der Waals surface area (Å²) in [5.41, 5.74) is 2.93. The average molecular weight is 471 g/mol. The lowest BCUT2D eigenvalue weighted by atomic mass is 9.94. The zero-order valence-corrected chi connectivity index (χ0v) is 19.7. The average Bonchev–Trinajstić information content (AvgIpc) is 3.35. The molecule has 1 aliphatic heterocycles. The van der Waals surface area contributed by atoms with Crippen molar-refractivity contribution in [3.63, 3.8) is 0 Å². The molecule has 0 spiro atoms. The number of aryl methyl sites for hydroxylation is 1. The second-order valence-corrected chi connectivity index (χ2v) is 8.42. The number of para-hydroxylation sites is 2. The van der Waals surface area contributed by atoms with Gasteiger partial charge in [0.25, 0.3) is 5.91 Å². The lowest BCUT2D eigenvalue weighted by molar-refractivity contribution is 0.0704. The van der Waals surface area contributed by atoms with E-state index in [4.69, 9.17) is 9.47 Å².